The SMILES string of the molecule is Cc1nnc(CSc2ccc(F)cc2)o1. The van der Waals surface area contributed by atoms with Crippen LogP contribution in [-0.4, -0.2) is 10.2 Å². The van der Waals surface area contributed by atoms with E-state index in [-0.39, 0.29) is 5.82 Å². The van der Waals surface area contributed by atoms with Gasteiger partial charge in [-0.1, -0.05) is 0 Å². The van der Waals surface area contributed by atoms with Crippen LogP contribution in [0.15, 0.2) is 33.6 Å². The minimum absolute atomic E-state index is 0.229. The van der Waals surface area contributed by atoms with Crippen molar-refractivity contribution in [2.24, 2.45) is 0 Å². The largest absolute Gasteiger partial charge is 0.425 e. The van der Waals surface area contributed by atoms with Crippen molar-refractivity contribution in [2.45, 2.75) is 17.6 Å². The monoisotopic (exact) mass is 224 g/mol. The Balaban J connectivity index is 1.96. The van der Waals surface area contributed by atoms with E-state index in [0.717, 1.165) is 4.90 Å². The van der Waals surface area contributed by atoms with Crippen LogP contribution in [0.5, 0.6) is 0 Å². The van der Waals surface area contributed by atoms with Gasteiger partial charge in [0.2, 0.25) is 11.8 Å². The van der Waals surface area contributed by atoms with Gasteiger partial charge in [0.05, 0.1) is 5.75 Å². The zero-order chi connectivity index (χ0) is 10.7. The maximum Gasteiger partial charge on any atom is 0.226 e. The zero-order valence-electron chi connectivity index (χ0n) is 8.11. The number of halogens is 1. The van der Waals surface area contributed by atoms with Gasteiger partial charge in [-0.25, -0.2) is 4.39 Å². The first kappa shape index (κ1) is 10.2. The predicted molar refractivity (Wildman–Crippen MR) is 55.0 cm³/mol. The lowest BCUT2D eigenvalue weighted by Crippen LogP contribution is -1.81. The average molecular weight is 224 g/mol. The molecule has 0 radical (unpaired) electrons. The Hall–Kier alpha value is -1.36. The summed E-state index contributed by atoms with van der Waals surface area (Å²) < 4.78 is 17.8. The predicted octanol–water partition coefficient (Wildman–Crippen LogP) is 2.81. The van der Waals surface area contributed by atoms with Crippen molar-refractivity contribution in [2.75, 3.05) is 0 Å². The number of hydrogen-bond acceptors (Lipinski definition) is 4. The summed E-state index contributed by atoms with van der Waals surface area (Å²) in [7, 11) is 0. The number of hydrogen-bond donors (Lipinski definition) is 0. The van der Waals surface area contributed by atoms with Crippen LogP contribution in [-0.2, 0) is 5.75 Å². The number of aromatic nitrogens is 2. The second kappa shape index (κ2) is 4.44. The molecule has 5 heteroatoms. The molecule has 0 spiro atoms. The lowest BCUT2D eigenvalue weighted by atomic mass is 10.4. The summed E-state index contributed by atoms with van der Waals surface area (Å²) in [5.41, 5.74) is 0. The van der Waals surface area contributed by atoms with E-state index in [9.17, 15) is 4.39 Å². The molecule has 0 unspecified atom stereocenters. The van der Waals surface area contributed by atoms with Crippen LogP contribution < -0.4 is 0 Å². The van der Waals surface area contributed by atoms with Gasteiger partial charge in [-0.3, -0.25) is 0 Å². The summed E-state index contributed by atoms with van der Waals surface area (Å²) in [6.07, 6.45) is 0. The Morgan fingerprint density at radius 2 is 2.00 bits per heavy atom. The quantitative estimate of drug-likeness (QED) is 0.751. The molecule has 2 rings (SSSR count). The highest BCUT2D eigenvalue weighted by Crippen LogP contribution is 2.22. The van der Waals surface area contributed by atoms with Gasteiger partial charge in [-0.2, -0.15) is 0 Å². The van der Waals surface area contributed by atoms with E-state index in [1.165, 1.54) is 23.9 Å². The number of aryl methyl sites for hydroxylation is 1. The Morgan fingerprint density at radius 3 is 2.60 bits per heavy atom. The average Bonchev–Trinajstić information content (AvgIpc) is 2.64. The Morgan fingerprint density at radius 1 is 1.27 bits per heavy atom. The molecular formula is C10H9FN2OS. The molecule has 15 heavy (non-hydrogen) atoms. The Labute approximate surface area is 90.7 Å². The van der Waals surface area contributed by atoms with Gasteiger partial charge < -0.3 is 4.42 Å². The number of benzene rings is 1. The highest BCUT2D eigenvalue weighted by molar-refractivity contribution is 7.98. The van der Waals surface area contributed by atoms with Crippen molar-refractivity contribution < 1.29 is 8.81 Å². The van der Waals surface area contributed by atoms with Crippen molar-refractivity contribution in [3.05, 3.63) is 41.9 Å². The molecule has 1 heterocycles. The topological polar surface area (TPSA) is 38.9 Å². The van der Waals surface area contributed by atoms with Crippen molar-refractivity contribution >= 4 is 11.8 Å². The minimum Gasteiger partial charge on any atom is -0.425 e. The summed E-state index contributed by atoms with van der Waals surface area (Å²) in [6, 6.07) is 6.31. The molecule has 1 aromatic carbocycles. The van der Waals surface area contributed by atoms with Gasteiger partial charge in [0.15, 0.2) is 0 Å². The van der Waals surface area contributed by atoms with Gasteiger partial charge in [-0.05, 0) is 24.3 Å². The fraction of sp³-hybridized carbons (Fsp3) is 0.200. The molecule has 0 bridgehead atoms. The fourth-order valence-corrected chi connectivity index (χ4v) is 1.81. The lowest BCUT2D eigenvalue weighted by molar-refractivity contribution is 0.485. The molecule has 0 aliphatic rings. The summed E-state index contributed by atoms with van der Waals surface area (Å²) >= 11 is 1.53. The molecule has 0 amide bonds. The third-order valence-corrected chi connectivity index (χ3v) is 2.74. The van der Waals surface area contributed by atoms with E-state index in [4.69, 9.17) is 4.42 Å². The fourth-order valence-electron chi connectivity index (χ4n) is 1.07. The van der Waals surface area contributed by atoms with Gasteiger partial charge >= 0.3 is 0 Å². The molecule has 1 aromatic heterocycles. The highest BCUT2D eigenvalue weighted by Gasteiger charge is 2.03. The van der Waals surface area contributed by atoms with Crippen molar-refractivity contribution in [3.8, 4) is 0 Å². The lowest BCUT2D eigenvalue weighted by Gasteiger charge is -1.97. The van der Waals surface area contributed by atoms with Crippen molar-refractivity contribution in [1.82, 2.24) is 10.2 Å². The second-order valence-corrected chi connectivity index (χ2v) is 4.01. The number of rotatable bonds is 3. The van der Waals surface area contributed by atoms with Crippen LogP contribution in [0.4, 0.5) is 4.39 Å². The van der Waals surface area contributed by atoms with Gasteiger partial charge in [0, 0.05) is 11.8 Å². The summed E-state index contributed by atoms with van der Waals surface area (Å²) in [4.78, 5) is 0.979. The Kier molecular flexibility index (Phi) is 3.01. The first-order chi connectivity index (χ1) is 7.24. The van der Waals surface area contributed by atoms with Crippen LogP contribution >= 0.6 is 11.8 Å². The molecule has 0 atom stereocenters. The van der Waals surface area contributed by atoms with Gasteiger partial charge in [0.1, 0.15) is 5.82 Å². The molecule has 3 nitrogen and oxygen atoms in total. The van der Waals surface area contributed by atoms with E-state index in [0.29, 0.717) is 17.5 Å². The smallest absolute Gasteiger partial charge is 0.226 e. The summed E-state index contributed by atoms with van der Waals surface area (Å²) in [5.74, 6) is 1.52. The number of nitrogens with zero attached hydrogens (tertiary/aromatic N) is 2. The van der Waals surface area contributed by atoms with Crippen LogP contribution in [0, 0.1) is 12.7 Å². The Bertz CT molecular complexity index is 441. The molecular weight excluding hydrogens is 215 g/mol. The molecule has 0 saturated heterocycles. The normalized spacial score (nSPS) is 10.5. The molecule has 0 fully saturated rings. The van der Waals surface area contributed by atoms with Crippen LogP contribution in [0.1, 0.15) is 11.8 Å². The third-order valence-electron chi connectivity index (χ3n) is 1.74. The van der Waals surface area contributed by atoms with E-state index in [2.05, 4.69) is 10.2 Å². The zero-order valence-corrected chi connectivity index (χ0v) is 8.92. The summed E-state index contributed by atoms with van der Waals surface area (Å²) in [5, 5.41) is 7.59. The second-order valence-electron chi connectivity index (χ2n) is 2.96. The van der Waals surface area contributed by atoms with E-state index in [1.54, 1.807) is 19.1 Å². The van der Waals surface area contributed by atoms with Crippen LogP contribution in [0.25, 0.3) is 0 Å². The molecule has 0 N–H and O–H groups in total. The highest BCUT2D eigenvalue weighted by atomic mass is 32.2. The first-order valence-corrected chi connectivity index (χ1v) is 5.40. The maximum absolute atomic E-state index is 12.6. The van der Waals surface area contributed by atoms with Crippen LogP contribution in [0.2, 0.25) is 0 Å². The summed E-state index contributed by atoms with van der Waals surface area (Å²) in [6.45, 7) is 1.75. The molecule has 0 aliphatic carbocycles. The van der Waals surface area contributed by atoms with Gasteiger partial charge in [0.25, 0.3) is 0 Å². The third kappa shape index (κ3) is 2.79. The van der Waals surface area contributed by atoms with E-state index < -0.39 is 0 Å². The van der Waals surface area contributed by atoms with E-state index >= 15 is 0 Å². The molecule has 0 aliphatic heterocycles. The van der Waals surface area contributed by atoms with Crippen molar-refractivity contribution in [3.63, 3.8) is 0 Å². The first-order valence-electron chi connectivity index (χ1n) is 4.41. The van der Waals surface area contributed by atoms with Gasteiger partial charge in [-0.15, -0.1) is 22.0 Å². The number of thioether (sulfide) groups is 1. The molecule has 78 valence electrons. The molecule has 2 aromatic rings. The van der Waals surface area contributed by atoms with E-state index in [1.807, 2.05) is 0 Å². The molecule has 0 saturated carbocycles. The van der Waals surface area contributed by atoms with Crippen LogP contribution in [0.3, 0.4) is 0 Å². The standard InChI is InChI=1S/C10H9FN2OS/c1-7-12-13-10(14-7)6-15-9-4-2-8(11)3-5-9/h2-5H,6H2,1H3. The minimum atomic E-state index is -0.229. The maximum atomic E-state index is 12.6. The van der Waals surface area contributed by atoms with Crippen molar-refractivity contribution in [1.29, 1.82) is 0 Å².